The number of aryl methyl sites for hydroxylation is 1. The van der Waals surface area contributed by atoms with Crippen molar-refractivity contribution in [2.45, 2.75) is 19.4 Å². The van der Waals surface area contributed by atoms with Crippen LogP contribution < -0.4 is 4.74 Å². The van der Waals surface area contributed by atoms with Gasteiger partial charge in [-0.2, -0.15) is 0 Å². The van der Waals surface area contributed by atoms with Gasteiger partial charge in [0.25, 0.3) is 0 Å². The Balaban J connectivity index is 2.10. The van der Waals surface area contributed by atoms with Crippen molar-refractivity contribution in [2.75, 3.05) is 6.61 Å². The number of aliphatic hydroxyl groups excluding tert-OH is 1. The third kappa shape index (κ3) is 1.98. The van der Waals surface area contributed by atoms with E-state index in [9.17, 15) is 5.11 Å². The summed E-state index contributed by atoms with van der Waals surface area (Å²) in [5.41, 5.74) is 3.16. The second-order valence-corrected chi connectivity index (χ2v) is 6.32. The lowest BCUT2D eigenvalue weighted by molar-refractivity contribution is 0.216. The van der Waals surface area contributed by atoms with E-state index >= 15 is 0 Å². The molecule has 0 spiro atoms. The van der Waals surface area contributed by atoms with Crippen LogP contribution in [0, 0.1) is 6.92 Å². The first-order valence-corrected chi connectivity index (χ1v) is 7.51. The van der Waals surface area contributed by atoms with Crippen molar-refractivity contribution in [1.82, 2.24) is 0 Å². The lowest BCUT2D eigenvalue weighted by Crippen LogP contribution is -2.02. The van der Waals surface area contributed by atoms with E-state index in [1.54, 1.807) is 11.3 Å². The molecule has 1 aliphatic rings. The average Bonchev–Trinajstić information content (AvgIpc) is 2.95. The Morgan fingerprint density at radius 3 is 3.00 bits per heavy atom. The van der Waals surface area contributed by atoms with E-state index in [0.29, 0.717) is 6.61 Å². The first kappa shape index (κ1) is 12.2. The molecule has 2 heterocycles. The molecule has 0 radical (unpaired) electrons. The SMILES string of the molecule is Cc1ccsc1C(O)c1cc(Br)cc2c1OCC2. The maximum absolute atomic E-state index is 10.6. The van der Waals surface area contributed by atoms with Crippen LogP contribution in [-0.4, -0.2) is 11.7 Å². The third-order valence-corrected chi connectivity index (χ3v) is 4.75. The Labute approximate surface area is 118 Å². The van der Waals surface area contributed by atoms with Gasteiger partial charge in [0.1, 0.15) is 11.9 Å². The largest absolute Gasteiger partial charge is 0.493 e. The van der Waals surface area contributed by atoms with Gasteiger partial charge >= 0.3 is 0 Å². The highest BCUT2D eigenvalue weighted by atomic mass is 79.9. The number of hydrogen-bond donors (Lipinski definition) is 1. The molecule has 1 unspecified atom stereocenters. The number of hydrogen-bond acceptors (Lipinski definition) is 3. The van der Waals surface area contributed by atoms with Crippen LogP contribution in [0.3, 0.4) is 0 Å². The molecule has 0 bridgehead atoms. The molecule has 0 fully saturated rings. The van der Waals surface area contributed by atoms with Gasteiger partial charge in [0.05, 0.1) is 6.61 Å². The summed E-state index contributed by atoms with van der Waals surface area (Å²) < 4.78 is 6.66. The average molecular weight is 325 g/mol. The summed E-state index contributed by atoms with van der Waals surface area (Å²) in [6, 6.07) is 6.05. The Morgan fingerprint density at radius 1 is 1.44 bits per heavy atom. The zero-order valence-corrected chi connectivity index (χ0v) is 12.3. The predicted molar refractivity (Wildman–Crippen MR) is 76.5 cm³/mol. The van der Waals surface area contributed by atoms with Gasteiger partial charge in [-0.05, 0) is 41.6 Å². The highest BCUT2D eigenvalue weighted by Gasteiger charge is 2.24. The van der Waals surface area contributed by atoms with Crippen molar-refractivity contribution in [3.8, 4) is 5.75 Å². The Bertz CT molecular complexity index is 591. The van der Waals surface area contributed by atoms with Crippen LogP contribution in [0.15, 0.2) is 28.1 Å². The number of halogens is 1. The molecule has 18 heavy (non-hydrogen) atoms. The van der Waals surface area contributed by atoms with Crippen LogP contribution in [-0.2, 0) is 6.42 Å². The number of fused-ring (bicyclic) bond motifs is 1. The number of ether oxygens (including phenoxy) is 1. The first-order chi connectivity index (χ1) is 8.66. The molecule has 1 N–H and O–H groups in total. The van der Waals surface area contributed by atoms with Gasteiger partial charge < -0.3 is 9.84 Å². The standard InChI is InChI=1S/C14H13BrO2S/c1-8-3-5-18-14(8)12(16)11-7-10(15)6-9-2-4-17-13(9)11/h3,5-7,12,16H,2,4H2,1H3. The van der Waals surface area contributed by atoms with Gasteiger partial charge in [-0.3, -0.25) is 0 Å². The van der Waals surface area contributed by atoms with Gasteiger partial charge in [-0.15, -0.1) is 11.3 Å². The third-order valence-electron chi connectivity index (χ3n) is 3.22. The van der Waals surface area contributed by atoms with Gasteiger partial charge in [-0.1, -0.05) is 15.9 Å². The van der Waals surface area contributed by atoms with Crippen molar-refractivity contribution < 1.29 is 9.84 Å². The van der Waals surface area contributed by atoms with Gasteiger partial charge in [0.2, 0.25) is 0 Å². The fraction of sp³-hybridized carbons (Fsp3) is 0.286. The molecule has 2 aromatic rings. The summed E-state index contributed by atoms with van der Waals surface area (Å²) in [5.74, 6) is 0.860. The second kappa shape index (κ2) is 4.68. The van der Waals surface area contributed by atoms with Crippen LogP contribution in [0.25, 0.3) is 0 Å². The monoisotopic (exact) mass is 324 g/mol. The molecule has 1 aromatic carbocycles. The lowest BCUT2D eigenvalue weighted by atomic mass is 10.0. The van der Waals surface area contributed by atoms with Crippen molar-refractivity contribution in [3.05, 3.63) is 49.6 Å². The molecule has 1 aliphatic heterocycles. The smallest absolute Gasteiger partial charge is 0.128 e. The summed E-state index contributed by atoms with van der Waals surface area (Å²) in [6.45, 7) is 2.73. The van der Waals surface area contributed by atoms with Crippen molar-refractivity contribution in [2.24, 2.45) is 0 Å². The Kier molecular flexibility index (Phi) is 3.18. The van der Waals surface area contributed by atoms with E-state index in [0.717, 1.165) is 32.6 Å². The van der Waals surface area contributed by atoms with Crippen molar-refractivity contribution >= 4 is 27.3 Å². The van der Waals surface area contributed by atoms with E-state index in [4.69, 9.17) is 4.74 Å². The summed E-state index contributed by atoms with van der Waals surface area (Å²) in [4.78, 5) is 0.991. The molecule has 2 nitrogen and oxygen atoms in total. The quantitative estimate of drug-likeness (QED) is 0.909. The minimum atomic E-state index is -0.602. The van der Waals surface area contributed by atoms with Crippen molar-refractivity contribution in [3.63, 3.8) is 0 Å². The Morgan fingerprint density at radius 2 is 2.28 bits per heavy atom. The summed E-state index contributed by atoms with van der Waals surface area (Å²) in [7, 11) is 0. The van der Waals surface area contributed by atoms with Crippen LogP contribution in [0.1, 0.15) is 27.7 Å². The number of thiophene rings is 1. The van der Waals surface area contributed by atoms with E-state index in [2.05, 4.69) is 22.0 Å². The summed E-state index contributed by atoms with van der Waals surface area (Å²) in [5, 5.41) is 12.6. The van der Waals surface area contributed by atoms with Crippen molar-refractivity contribution in [1.29, 1.82) is 0 Å². The van der Waals surface area contributed by atoms with Crippen LogP contribution in [0.5, 0.6) is 5.75 Å². The minimum absolute atomic E-state index is 0.602. The molecular weight excluding hydrogens is 312 g/mol. The van der Waals surface area contributed by atoms with Gasteiger partial charge in [-0.25, -0.2) is 0 Å². The molecule has 0 saturated heterocycles. The zero-order valence-electron chi connectivity index (χ0n) is 9.94. The molecule has 1 aromatic heterocycles. The molecule has 0 aliphatic carbocycles. The Hall–Kier alpha value is -0.840. The summed E-state index contributed by atoms with van der Waals surface area (Å²) >= 11 is 5.09. The van der Waals surface area contributed by atoms with E-state index < -0.39 is 6.10 Å². The maximum Gasteiger partial charge on any atom is 0.128 e. The molecular formula is C14H13BrO2S. The molecule has 94 valence electrons. The topological polar surface area (TPSA) is 29.5 Å². The van der Waals surface area contributed by atoms with Gasteiger partial charge in [0, 0.05) is 21.3 Å². The molecule has 0 saturated carbocycles. The zero-order chi connectivity index (χ0) is 12.7. The fourth-order valence-corrected chi connectivity index (χ4v) is 3.76. The summed E-state index contributed by atoms with van der Waals surface area (Å²) in [6.07, 6.45) is 0.312. The molecule has 0 amide bonds. The van der Waals surface area contributed by atoms with E-state index in [-0.39, 0.29) is 0 Å². The van der Waals surface area contributed by atoms with Crippen LogP contribution in [0.2, 0.25) is 0 Å². The first-order valence-electron chi connectivity index (χ1n) is 5.84. The molecule has 4 heteroatoms. The van der Waals surface area contributed by atoms with Crippen LogP contribution >= 0.6 is 27.3 Å². The molecule has 1 atom stereocenters. The fourth-order valence-electron chi connectivity index (χ4n) is 2.31. The minimum Gasteiger partial charge on any atom is -0.493 e. The van der Waals surface area contributed by atoms with E-state index in [1.165, 1.54) is 5.56 Å². The predicted octanol–water partition coefficient (Wildman–Crippen LogP) is 3.84. The highest BCUT2D eigenvalue weighted by molar-refractivity contribution is 9.10. The molecule has 3 rings (SSSR count). The maximum atomic E-state index is 10.6. The van der Waals surface area contributed by atoms with Gasteiger partial charge in [0.15, 0.2) is 0 Å². The second-order valence-electron chi connectivity index (χ2n) is 4.45. The number of benzene rings is 1. The normalized spacial score (nSPS) is 15.3. The van der Waals surface area contributed by atoms with Crippen LogP contribution in [0.4, 0.5) is 0 Å². The number of aliphatic hydroxyl groups is 1. The highest BCUT2D eigenvalue weighted by Crippen LogP contribution is 2.40. The lowest BCUT2D eigenvalue weighted by Gasteiger charge is -2.15. The van der Waals surface area contributed by atoms with E-state index in [1.807, 2.05) is 24.4 Å². The number of rotatable bonds is 2.